The van der Waals surface area contributed by atoms with Gasteiger partial charge in [0.25, 0.3) is 0 Å². The molecule has 0 atom stereocenters. The zero-order valence-electron chi connectivity index (χ0n) is 13.4. The lowest BCUT2D eigenvalue weighted by molar-refractivity contribution is -0.671. The third-order valence-electron chi connectivity index (χ3n) is 3.45. The fourth-order valence-electron chi connectivity index (χ4n) is 2.23. The minimum atomic E-state index is -0.0934. The van der Waals surface area contributed by atoms with E-state index >= 15 is 0 Å². The van der Waals surface area contributed by atoms with Gasteiger partial charge in [0.2, 0.25) is 0 Å². The molecule has 0 bridgehead atoms. The summed E-state index contributed by atoms with van der Waals surface area (Å²) in [6.07, 6.45) is 13.9. The highest BCUT2D eigenvalue weighted by molar-refractivity contribution is 14.0. The molecule has 0 fully saturated rings. The molecule has 3 nitrogen and oxygen atoms in total. The summed E-state index contributed by atoms with van der Waals surface area (Å²) in [7, 11) is 1.91. The van der Waals surface area contributed by atoms with Crippen molar-refractivity contribution in [2.45, 2.75) is 58.3 Å². The molecule has 0 aliphatic rings. The predicted molar refractivity (Wildman–Crippen MR) is 97.0 cm³/mol. The van der Waals surface area contributed by atoms with Crippen LogP contribution in [-0.4, -0.2) is 12.4 Å². The summed E-state index contributed by atoms with van der Waals surface area (Å²) in [5.74, 6) is -0.0934. The second kappa shape index (κ2) is 13.0. The van der Waals surface area contributed by atoms with E-state index < -0.39 is 0 Å². The second-order valence-corrected chi connectivity index (χ2v) is 5.42. The van der Waals surface area contributed by atoms with Gasteiger partial charge < -0.3 is 10.1 Å². The van der Waals surface area contributed by atoms with Crippen molar-refractivity contribution < 1.29 is 9.67 Å². The third kappa shape index (κ3) is 9.82. The van der Waals surface area contributed by atoms with Gasteiger partial charge in [0.1, 0.15) is 7.05 Å². The van der Waals surface area contributed by atoms with Crippen LogP contribution in [-0.2, 0) is 7.05 Å². The van der Waals surface area contributed by atoms with Gasteiger partial charge in [-0.3, -0.25) is 0 Å². The average molecular weight is 404 g/mol. The summed E-state index contributed by atoms with van der Waals surface area (Å²) < 4.78 is 1.87. The summed E-state index contributed by atoms with van der Waals surface area (Å²) >= 11 is 0. The minimum absolute atomic E-state index is 0. The zero-order valence-corrected chi connectivity index (χ0v) is 15.7. The van der Waals surface area contributed by atoms with Crippen LogP contribution in [0.1, 0.15) is 63.9 Å². The fourth-order valence-corrected chi connectivity index (χ4v) is 2.23. The molecule has 120 valence electrons. The molecule has 0 N–H and O–H groups in total. The topological polar surface area (TPSA) is 39.3 Å². The first-order valence-electron chi connectivity index (χ1n) is 7.91. The molecule has 0 amide bonds. The number of hydrogen-bond donors (Lipinski definition) is 0. The number of aliphatic imine (C=N–C) groups is 1. The molecule has 1 rings (SSSR count). The number of aryl methyl sites for hydroxylation is 1. The van der Waals surface area contributed by atoms with E-state index in [0.717, 1.165) is 6.42 Å². The standard InChI is InChI=1S/C17H28N2O.HI/c1-3-4-5-6-7-8-9-10-13-18-17(20)16-12-11-14-19(2)15-16;/h11-12,14-15H,3-10,13H2,1-2H3;1H. The number of rotatable bonds is 10. The summed E-state index contributed by atoms with van der Waals surface area (Å²) in [5.41, 5.74) is 0.676. The normalized spacial score (nSPS) is 11.2. The molecule has 1 aromatic rings. The van der Waals surface area contributed by atoms with Crippen LogP contribution < -0.4 is 9.67 Å². The Hall–Kier alpha value is -0.650. The Labute approximate surface area is 146 Å². The van der Waals surface area contributed by atoms with Gasteiger partial charge in [0.15, 0.2) is 12.4 Å². The van der Waals surface area contributed by atoms with Gasteiger partial charge in [-0.15, -0.1) is 24.0 Å². The van der Waals surface area contributed by atoms with E-state index in [4.69, 9.17) is 0 Å². The predicted octanol–water partition coefficient (Wildman–Crippen LogP) is 3.38. The van der Waals surface area contributed by atoms with Crippen LogP contribution in [0.2, 0.25) is 0 Å². The van der Waals surface area contributed by atoms with Gasteiger partial charge in [-0.2, -0.15) is 0 Å². The molecule has 0 radical (unpaired) electrons. The maximum atomic E-state index is 11.8. The lowest BCUT2D eigenvalue weighted by Gasteiger charge is -2.09. The van der Waals surface area contributed by atoms with E-state index in [-0.39, 0.29) is 29.9 Å². The number of nitrogens with zero attached hydrogens (tertiary/aromatic N) is 2. The Morgan fingerprint density at radius 1 is 1.10 bits per heavy atom. The molecule has 0 saturated carbocycles. The van der Waals surface area contributed by atoms with Crippen LogP contribution in [0, 0.1) is 0 Å². The van der Waals surface area contributed by atoms with E-state index in [1.807, 2.05) is 36.1 Å². The van der Waals surface area contributed by atoms with Crippen molar-refractivity contribution in [1.29, 1.82) is 0 Å². The summed E-state index contributed by atoms with van der Waals surface area (Å²) in [4.78, 5) is 4.13. The molecule has 0 spiro atoms. The van der Waals surface area contributed by atoms with Crippen molar-refractivity contribution in [3.05, 3.63) is 30.1 Å². The maximum Gasteiger partial charge on any atom is 0.176 e. The van der Waals surface area contributed by atoms with Gasteiger partial charge in [-0.1, -0.05) is 51.9 Å². The molecule has 0 aliphatic carbocycles. The molecule has 21 heavy (non-hydrogen) atoms. The monoisotopic (exact) mass is 404 g/mol. The lowest BCUT2D eigenvalue weighted by atomic mass is 10.1. The van der Waals surface area contributed by atoms with Crippen LogP contribution in [0.5, 0.6) is 0 Å². The van der Waals surface area contributed by atoms with E-state index in [1.165, 1.54) is 44.9 Å². The first-order chi connectivity index (χ1) is 9.74. The summed E-state index contributed by atoms with van der Waals surface area (Å²) in [6.45, 7) is 2.90. The highest BCUT2D eigenvalue weighted by atomic mass is 127. The Morgan fingerprint density at radius 3 is 2.33 bits per heavy atom. The fraction of sp³-hybridized carbons (Fsp3) is 0.647. The number of aromatic nitrogens is 1. The number of halogens is 1. The van der Waals surface area contributed by atoms with Crippen molar-refractivity contribution >= 4 is 29.9 Å². The second-order valence-electron chi connectivity index (χ2n) is 5.42. The highest BCUT2D eigenvalue weighted by Crippen LogP contribution is 2.08. The molecule has 0 aliphatic heterocycles. The Balaban J connectivity index is 0.00000400. The number of unbranched alkanes of at least 4 members (excludes halogenated alkanes) is 7. The van der Waals surface area contributed by atoms with Crippen molar-refractivity contribution in [2.75, 3.05) is 6.54 Å². The molecular formula is C17H29IN2O. The summed E-state index contributed by atoms with van der Waals surface area (Å²) in [5, 5.41) is 11.8. The van der Waals surface area contributed by atoms with E-state index in [9.17, 15) is 5.11 Å². The average Bonchev–Trinajstić information content (AvgIpc) is 2.45. The van der Waals surface area contributed by atoms with Crippen molar-refractivity contribution in [3.8, 4) is 0 Å². The molecule has 1 heterocycles. The van der Waals surface area contributed by atoms with Gasteiger partial charge in [0, 0.05) is 18.2 Å². The van der Waals surface area contributed by atoms with Crippen LogP contribution >= 0.6 is 24.0 Å². The molecule has 0 aromatic carbocycles. The Bertz CT molecular complexity index is 408. The summed E-state index contributed by atoms with van der Waals surface area (Å²) in [6, 6.07) is 3.69. The smallest absolute Gasteiger partial charge is 0.176 e. The van der Waals surface area contributed by atoms with E-state index in [0.29, 0.717) is 12.1 Å². The first kappa shape index (κ1) is 20.3. The van der Waals surface area contributed by atoms with Gasteiger partial charge in [0.05, 0.1) is 0 Å². The van der Waals surface area contributed by atoms with E-state index in [2.05, 4.69) is 11.9 Å². The van der Waals surface area contributed by atoms with Gasteiger partial charge in [-0.25, -0.2) is 4.57 Å². The Morgan fingerprint density at radius 2 is 1.71 bits per heavy atom. The highest BCUT2D eigenvalue weighted by Gasteiger charge is 1.97. The molecule has 0 saturated heterocycles. The first-order valence-corrected chi connectivity index (χ1v) is 7.91. The molecule has 1 aromatic heterocycles. The van der Waals surface area contributed by atoms with Crippen LogP contribution in [0.25, 0.3) is 0 Å². The zero-order chi connectivity index (χ0) is 14.6. The number of hydrogen-bond acceptors (Lipinski definition) is 2. The minimum Gasteiger partial charge on any atom is -0.858 e. The largest absolute Gasteiger partial charge is 0.858 e. The Kier molecular flexibility index (Phi) is 12.6. The van der Waals surface area contributed by atoms with Gasteiger partial charge >= 0.3 is 0 Å². The van der Waals surface area contributed by atoms with Crippen LogP contribution in [0.3, 0.4) is 0 Å². The van der Waals surface area contributed by atoms with Crippen molar-refractivity contribution in [2.24, 2.45) is 12.0 Å². The lowest BCUT2D eigenvalue weighted by Crippen LogP contribution is -2.30. The van der Waals surface area contributed by atoms with Crippen LogP contribution in [0.15, 0.2) is 29.5 Å². The van der Waals surface area contributed by atoms with Gasteiger partial charge in [-0.05, 0) is 18.4 Å². The third-order valence-corrected chi connectivity index (χ3v) is 3.45. The van der Waals surface area contributed by atoms with Crippen LogP contribution in [0.4, 0.5) is 0 Å². The number of pyridine rings is 1. The van der Waals surface area contributed by atoms with Crippen molar-refractivity contribution in [1.82, 2.24) is 0 Å². The maximum absolute atomic E-state index is 11.8. The SMILES string of the molecule is CCCCCCCCCCN=C([O-])c1ccc[n+](C)c1.I. The molecular weight excluding hydrogens is 375 g/mol. The van der Waals surface area contributed by atoms with Crippen molar-refractivity contribution in [3.63, 3.8) is 0 Å². The molecule has 0 unspecified atom stereocenters. The quantitative estimate of drug-likeness (QED) is 0.194. The molecule has 4 heteroatoms. The van der Waals surface area contributed by atoms with E-state index in [1.54, 1.807) is 0 Å².